The van der Waals surface area contributed by atoms with Gasteiger partial charge in [-0.25, -0.2) is 4.79 Å². The van der Waals surface area contributed by atoms with Crippen molar-refractivity contribution in [2.24, 2.45) is 11.8 Å². The van der Waals surface area contributed by atoms with Crippen molar-refractivity contribution in [2.75, 3.05) is 39.4 Å². The summed E-state index contributed by atoms with van der Waals surface area (Å²) in [6.07, 6.45) is 8.40. The lowest BCUT2D eigenvalue weighted by Gasteiger charge is -2.62. The van der Waals surface area contributed by atoms with Crippen LogP contribution in [0.15, 0.2) is 24.3 Å². The fourth-order valence-corrected chi connectivity index (χ4v) is 7.27. The van der Waals surface area contributed by atoms with E-state index in [1.54, 1.807) is 0 Å². The van der Waals surface area contributed by atoms with E-state index in [-0.39, 0.29) is 29.4 Å². The molecule has 6 heteroatoms. The monoisotopic (exact) mass is 447 g/mol. The van der Waals surface area contributed by atoms with Gasteiger partial charge in [-0.05, 0) is 81.2 Å². The van der Waals surface area contributed by atoms with Crippen LogP contribution in [-0.4, -0.2) is 55.9 Å². The van der Waals surface area contributed by atoms with E-state index in [0.29, 0.717) is 0 Å². The maximum atomic E-state index is 12.8. The van der Waals surface area contributed by atoms with Gasteiger partial charge in [0.15, 0.2) is 0 Å². The molecule has 4 bridgehead atoms. The lowest BCUT2D eigenvalue weighted by Crippen LogP contribution is -2.65. The Labute approximate surface area is 193 Å². The average Bonchev–Trinajstić information content (AvgIpc) is 2.71. The predicted molar refractivity (Wildman–Crippen MR) is 126 cm³/mol. The Balaban J connectivity index is 0.00000231. The van der Waals surface area contributed by atoms with Crippen molar-refractivity contribution in [3.63, 3.8) is 0 Å². The topological polar surface area (TPSA) is 53.6 Å². The van der Waals surface area contributed by atoms with Gasteiger partial charge in [-0.1, -0.05) is 29.8 Å². The first-order valence-corrected chi connectivity index (χ1v) is 12.0. The highest BCUT2D eigenvalue weighted by Crippen LogP contribution is 2.62. The quantitative estimate of drug-likeness (QED) is 0.647. The number of carbonyl (C=O) groups is 1. The van der Waals surface area contributed by atoms with Crippen molar-refractivity contribution in [1.82, 2.24) is 15.5 Å². The van der Waals surface area contributed by atoms with Gasteiger partial charge >= 0.3 is 6.03 Å². The summed E-state index contributed by atoms with van der Waals surface area (Å²) in [6.45, 7) is 7.64. The van der Waals surface area contributed by atoms with E-state index < -0.39 is 0 Å². The molecule has 5 fully saturated rings. The molecule has 2 N–H and O–H groups in total. The van der Waals surface area contributed by atoms with Gasteiger partial charge in [-0.3, -0.25) is 4.90 Å². The molecule has 5 nitrogen and oxygen atoms in total. The summed E-state index contributed by atoms with van der Waals surface area (Å²) in [5, 5.41) is 6.63. The fourth-order valence-electron chi connectivity index (χ4n) is 7.27. The van der Waals surface area contributed by atoms with Crippen LogP contribution in [-0.2, 0) is 10.2 Å². The van der Waals surface area contributed by atoms with Crippen LogP contribution >= 0.6 is 12.4 Å². The van der Waals surface area contributed by atoms with Crippen LogP contribution in [0.3, 0.4) is 0 Å². The van der Waals surface area contributed by atoms with Crippen LogP contribution < -0.4 is 10.6 Å². The third-order valence-electron chi connectivity index (χ3n) is 8.14. The van der Waals surface area contributed by atoms with E-state index in [1.165, 1.54) is 30.4 Å². The van der Waals surface area contributed by atoms with Gasteiger partial charge in [0.1, 0.15) is 0 Å². The number of urea groups is 1. The Kier molecular flexibility index (Phi) is 6.85. The van der Waals surface area contributed by atoms with Crippen molar-refractivity contribution in [2.45, 2.75) is 62.8 Å². The third kappa shape index (κ3) is 4.89. The molecule has 0 aromatic heterocycles. The second-order valence-corrected chi connectivity index (χ2v) is 10.6. The summed E-state index contributed by atoms with van der Waals surface area (Å²) < 4.78 is 5.40. The molecule has 5 aliphatic rings. The first kappa shape index (κ1) is 22.9. The molecule has 2 atom stereocenters. The average molecular weight is 448 g/mol. The highest BCUT2D eigenvalue weighted by Gasteiger charge is 2.58. The second-order valence-electron chi connectivity index (χ2n) is 10.6. The first-order chi connectivity index (χ1) is 14.5. The minimum Gasteiger partial charge on any atom is -0.379 e. The van der Waals surface area contributed by atoms with E-state index in [0.717, 1.165) is 76.9 Å². The number of hydrogen-bond donors (Lipinski definition) is 2. The van der Waals surface area contributed by atoms with Crippen LogP contribution in [0.1, 0.15) is 56.1 Å². The number of hydrogen-bond acceptors (Lipinski definition) is 3. The van der Waals surface area contributed by atoms with Gasteiger partial charge in [-0.2, -0.15) is 0 Å². The summed E-state index contributed by atoms with van der Waals surface area (Å²) >= 11 is 0. The van der Waals surface area contributed by atoms with Crippen LogP contribution in [0.25, 0.3) is 0 Å². The maximum Gasteiger partial charge on any atom is 0.315 e. The predicted octanol–water partition coefficient (Wildman–Crippen LogP) is 4.03. The molecule has 2 unspecified atom stereocenters. The van der Waals surface area contributed by atoms with Crippen LogP contribution in [0.2, 0.25) is 0 Å². The molecule has 1 heterocycles. The standard InChI is InChI=1S/C25H37N3O2.ClH/c1-19-3-5-22(6-4-19)24-14-20-13-21(15-24)17-25(16-20,18-24)27-23(29)26-7-2-8-28-9-11-30-12-10-28;/h3-6,20-21H,2,7-18H2,1H3,(H2,26,27,29);1H. The van der Waals surface area contributed by atoms with Gasteiger partial charge in [-0.15, -0.1) is 12.4 Å². The van der Waals surface area contributed by atoms with Crippen LogP contribution in [0.5, 0.6) is 0 Å². The summed E-state index contributed by atoms with van der Waals surface area (Å²) in [5.74, 6) is 1.52. The van der Waals surface area contributed by atoms with Gasteiger partial charge in [0.2, 0.25) is 0 Å². The second kappa shape index (κ2) is 9.29. The molecule has 4 aliphatic carbocycles. The number of benzene rings is 1. The zero-order valence-corrected chi connectivity index (χ0v) is 19.6. The largest absolute Gasteiger partial charge is 0.379 e. The Hall–Kier alpha value is -1.30. The normalized spacial score (nSPS) is 34.2. The van der Waals surface area contributed by atoms with Gasteiger partial charge in [0.05, 0.1) is 13.2 Å². The van der Waals surface area contributed by atoms with Crippen molar-refractivity contribution in [1.29, 1.82) is 0 Å². The molecule has 31 heavy (non-hydrogen) atoms. The Morgan fingerprint density at radius 1 is 1.10 bits per heavy atom. The molecular formula is C25H38ClN3O2. The molecule has 0 spiro atoms. The Bertz CT molecular complexity index is 749. The molecule has 1 aliphatic heterocycles. The van der Waals surface area contributed by atoms with E-state index in [2.05, 4.69) is 46.7 Å². The number of aryl methyl sites for hydroxylation is 1. The molecule has 172 valence electrons. The molecule has 1 aromatic rings. The van der Waals surface area contributed by atoms with Crippen molar-refractivity contribution >= 4 is 18.4 Å². The van der Waals surface area contributed by atoms with E-state index >= 15 is 0 Å². The summed E-state index contributed by atoms with van der Waals surface area (Å²) in [5.41, 5.74) is 3.08. The lowest BCUT2D eigenvalue weighted by molar-refractivity contribution is -0.0350. The van der Waals surface area contributed by atoms with Gasteiger partial charge in [0.25, 0.3) is 0 Å². The molecule has 1 aromatic carbocycles. The van der Waals surface area contributed by atoms with Crippen molar-refractivity contribution in [3.05, 3.63) is 35.4 Å². The molecule has 0 radical (unpaired) electrons. The van der Waals surface area contributed by atoms with Gasteiger partial charge < -0.3 is 15.4 Å². The number of halogens is 1. The zero-order chi connectivity index (χ0) is 20.6. The number of nitrogens with zero attached hydrogens (tertiary/aromatic N) is 1. The lowest BCUT2D eigenvalue weighted by atomic mass is 9.45. The number of rotatable bonds is 6. The zero-order valence-electron chi connectivity index (χ0n) is 18.8. The molecular weight excluding hydrogens is 410 g/mol. The summed E-state index contributed by atoms with van der Waals surface area (Å²) in [4.78, 5) is 15.2. The maximum absolute atomic E-state index is 12.8. The van der Waals surface area contributed by atoms with Crippen LogP contribution in [0.4, 0.5) is 4.79 Å². The fraction of sp³-hybridized carbons (Fsp3) is 0.720. The number of ether oxygens (including phenoxy) is 1. The smallest absolute Gasteiger partial charge is 0.315 e. The number of nitrogens with one attached hydrogen (secondary N) is 2. The number of amides is 2. The Morgan fingerprint density at radius 2 is 1.77 bits per heavy atom. The Morgan fingerprint density at radius 3 is 2.45 bits per heavy atom. The highest BCUT2D eigenvalue weighted by atomic mass is 35.5. The van der Waals surface area contributed by atoms with E-state index in [9.17, 15) is 4.79 Å². The van der Waals surface area contributed by atoms with E-state index in [4.69, 9.17) is 4.74 Å². The van der Waals surface area contributed by atoms with Crippen molar-refractivity contribution in [3.8, 4) is 0 Å². The van der Waals surface area contributed by atoms with E-state index in [1.807, 2.05) is 0 Å². The first-order valence-electron chi connectivity index (χ1n) is 12.0. The molecule has 4 saturated carbocycles. The molecule has 6 rings (SSSR count). The third-order valence-corrected chi connectivity index (χ3v) is 8.14. The van der Waals surface area contributed by atoms with Crippen LogP contribution in [0, 0.1) is 18.8 Å². The van der Waals surface area contributed by atoms with Crippen molar-refractivity contribution < 1.29 is 9.53 Å². The number of carbonyl (C=O) groups excluding carboxylic acids is 1. The summed E-state index contributed by atoms with van der Waals surface area (Å²) in [7, 11) is 0. The summed E-state index contributed by atoms with van der Waals surface area (Å²) in [6, 6.07) is 9.26. The SMILES string of the molecule is Cc1ccc(C23CC4CC(CC(NC(=O)NCCCN5CCOCC5)(C4)C2)C3)cc1.Cl. The minimum absolute atomic E-state index is 0. The molecule has 2 amide bonds. The number of morpholine rings is 1. The minimum atomic E-state index is -0.0107. The van der Waals surface area contributed by atoms with Gasteiger partial charge in [0, 0.05) is 25.2 Å². The molecule has 1 saturated heterocycles. The highest BCUT2D eigenvalue weighted by molar-refractivity contribution is 5.85.